The van der Waals surface area contributed by atoms with Crippen LogP contribution in [0.25, 0.3) is 30.4 Å². The summed E-state index contributed by atoms with van der Waals surface area (Å²) in [5.41, 5.74) is 3.10. The number of aromatic nitrogens is 3. The number of benzene rings is 2. The van der Waals surface area contributed by atoms with E-state index in [1.165, 1.54) is 33.4 Å². The Morgan fingerprint density at radius 1 is 1.11 bits per heavy atom. The van der Waals surface area contributed by atoms with Crippen LogP contribution in [0.5, 0.6) is 0 Å². The highest BCUT2D eigenvalue weighted by Gasteiger charge is 2.21. The van der Waals surface area contributed by atoms with Gasteiger partial charge in [-0.25, -0.2) is 13.9 Å². The molecule has 2 N–H and O–H groups in total. The predicted octanol–water partition coefficient (Wildman–Crippen LogP) is 6.81. The minimum atomic E-state index is -1.07. The summed E-state index contributed by atoms with van der Waals surface area (Å²) in [6.45, 7) is 3.64. The summed E-state index contributed by atoms with van der Waals surface area (Å²) in [5, 5.41) is 20.1. The lowest BCUT2D eigenvalue weighted by atomic mass is 10.0. The molecule has 11 heteroatoms. The molecule has 1 unspecified atom stereocenters. The molecule has 0 bridgehead atoms. The lowest BCUT2D eigenvalue weighted by molar-refractivity contribution is -0.136. The maximum atomic E-state index is 14.6. The molecule has 0 radical (unpaired) electrons. The number of aryl methyl sites for hydroxylation is 2. The first-order chi connectivity index (χ1) is 18.2. The maximum absolute atomic E-state index is 14.6. The summed E-state index contributed by atoms with van der Waals surface area (Å²) in [5.74, 6) is -1.19. The first kappa shape index (κ1) is 25.6. The number of carbonyl (C=O) groups excluding carboxylic acids is 1. The number of aliphatic carboxylic acids is 1. The number of thiophene rings is 2. The Morgan fingerprint density at radius 2 is 1.79 bits per heavy atom. The lowest BCUT2D eigenvalue weighted by Gasteiger charge is -2.14. The van der Waals surface area contributed by atoms with E-state index in [4.69, 9.17) is 9.84 Å². The summed E-state index contributed by atoms with van der Waals surface area (Å²) in [6, 6.07) is 16.4. The van der Waals surface area contributed by atoms with Gasteiger partial charge >= 0.3 is 12.1 Å². The summed E-state index contributed by atoms with van der Waals surface area (Å²) >= 11 is 2.99. The fraction of sp³-hybridized carbons (Fsp3) is 0.185. The van der Waals surface area contributed by atoms with Crippen LogP contribution in [0.15, 0.2) is 54.6 Å². The fourth-order valence-corrected chi connectivity index (χ4v) is 6.60. The van der Waals surface area contributed by atoms with Gasteiger partial charge in [-0.3, -0.25) is 10.1 Å². The molecular weight excluding hydrogens is 527 g/mol. The zero-order chi connectivity index (χ0) is 27.0. The van der Waals surface area contributed by atoms with E-state index in [2.05, 4.69) is 15.6 Å². The van der Waals surface area contributed by atoms with E-state index in [9.17, 15) is 14.0 Å². The first-order valence-corrected chi connectivity index (χ1v) is 13.3. The summed E-state index contributed by atoms with van der Waals surface area (Å²) in [4.78, 5) is 25.3. The van der Waals surface area contributed by atoms with Crippen LogP contribution in [0, 0.1) is 12.7 Å². The van der Waals surface area contributed by atoms with Crippen LogP contribution in [0.4, 0.5) is 15.0 Å². The van der Waals surface area contributed by atoms with Crippen molar-refractivity contribution in [2.24, 2.45) is 7.05 Å². The van der Waals surface area contributed by atoms with Gasteiger partial charge in [-0.2, -0.15) is 0 Å². The second-order valence-electron chi connectivity index (χ2n) is 8.77. The Hall–Kier alpha value is -4.09. The zero-order valence-electron chi connectivity index (χ0n) is 20.7. The highest BCUT2D eigenvalue weighted by Crippen LogP contribution is 2.43. The van der Waals surface area contributed by atoms with Gasteiger partial charge in [0.05, 0.1) is 11.3 Å². The fourth-order valence-electron chi connectivity index (χ4n) is 4.13. The van der Waals surface area contributed by atoms with Crippen molar-refractivity contribution in [1.29, 1.82) is 0 Å². The molecule has 0 saturated carbocycles. The zero-order valence-corrected chi connectivity index (χ0v) is 22.3. The van der Waals surface area contributed by atoms with Gasteiger partial charge in [-0.05, 0) is 54.3 Å². The van der Waals surface area contributed by atoms with E-state index in [0.29, 0.717) is 11.5 Å². The van der Waals surface area contributed by atoms with Crippen LogP contribution in [-0.4, -0.2) is 32.2 Å². The Kier molecular flexibility index (Phi) is 6.96. The number of carboxylic acids is 1. The van der Waals surface area contributed by atoms with Gasteiger partial charge in [0.1, 0.15) is 17.6 Å². The minimum Gasteiger partial charge on any atom is -0.481 e. The van der Waals surface area contributed by atoms with Crippen LogP contribution < -0.4 is 5.32 Å². The molecule has 0 spiro atoms. The van der Waals surface area contributed by atoms with Crippen molar-refractivity contribution in [2.45, 2.75) is 26.4 Å². The molecule has 5 aromatic rings. The molecule has 0 aliphatic carbocycles. The van der Waals surface area contributed by atoms with Crippen LogP contribution >= 0.6 is 22.7 Å². The SMILES string of the molecule is Cc1cc(CC(=O)O)c(F)cc1-c1cc2sc(-c3nnn(C)c3NC(=O)OC(C)c3ccccc3)cc2s1. The van der Waals surface area contributed by atoms with E-state index < -0.39 is 24.0 Å². The van der Waals surface area contributed by atoms with Crippen molar-refractivity contribution in [1.82, 2.24) is 15.0 Å². The van der Waals surface area contributed by atoms with Crippen LogP contribution in [0.3, 0.4) is 0 Å². The average Bonchev–Trinajstić information content (AvgIpc) is 3.55. The van der Waals surface area contributed by atoms with Crippen LogP contribution in [0.1, 0.15) is 29.7 Å². The third-order valence-corrected chi connectivity index (χ3v) is 8.37. The van der Waals surface area contributed by atoms with Gasteiger partial charge in [0.2, 0.25) is 0 Å². The number of fused-ring (bicyclic) bond motifs is 1. The second-order valence-corrected chi connectivity index (χ2v) is 10.9. The van der Waals surface area contributed by atoms with Crippen molar-refractivity contribution >= 4 is 50.0 Å². The molecule has 0 fully saturated rings. The number of halogens is 1. The smallest absolute Gasteiger partial charge is 0.413 e. The van der Waals surface area contributed by atoms with Crippen LogP contribution in [-0.2, 0) is 23.0 Å². The molecule has 2 aromatic carbocycles. The average molecular weight is 551 g/mol. The Bertz CT molecular complexity index is 1630. The maximum Gasteiger partial charge on any atom is 0.413 e. The monoisotopic (exact) mass is 550 g/mol. The third-order valence-electron chi connectivity index (χ3n) is 6.04. The van der Waals surface area contributed by atoms with Gasteiger partial charge in [0.15, 0.2) is 5.82 Å². The summed E-state index contributed by atoms with van der Waals surface area (Å²) < 4.78 is 23.5. The van der Waals surface area contributed by atoms with E-state index in [1.54, 1.807) is 20.0 Å². The molecule has 5 rings (SSSR count). The molecule has 0 aliphatic heterocycles. The molecular formula is C27H23FN4O4S2. The number of ether oxygens (including phenoxy) is 1. The molecule has 3 heterocycles. The molecule has 3 aromatic heterocycles. The van der Waals surface area contributed by atoms with Gasteiger partial charge in [-0.15, -0.1) is 27.8 Å². The number of carboxylic acid groups (broad SMARTS) is 1. The second kappa shape index (κ2) is 10.3. The predicted molar refractivity (Wildman–Crippen MR) is 146 cm³/mol. The highest BCUT2D eigenvalue weighted by molar-refractivity contribution is 7.31. The lowest BCUT2D eigenvalue weighted by Crippen LogP contribution is -2.18. The standard InChI is InChI=1S/C27H23FN4O4S2/c1-14-9-17(10-24(33)34)19(28)11-18(14)20-12-21-22(37-20)13-23(38-21)25-26(32(3)31-30-25)29-27(35)36-15(2)16-7-5-4-6-8-16/h4-9,11-13,15H,10H2,1-3H3,(H,29,35)(H,33,34). The molecule has 1 amide bonds. The van der Waals surface area contributed by atoms with Gasteiger partial charge < -0.3 is 9.84 Å². The van der Waals surface area contributed by atoms with Gasteiger partial charge in [-0.1, -0.05) is 41.6 Å². The number of carbonyl (C=O) groups is 2. The molecule has 8 nitrogen and oxygen atoms in total. The van der Waals surface area contributed by atoms with E-state index >= 15 is 0 Å². The van der Waals surface area contributed by atoms with Crippen molar-refractivity contribution in [3.05, 3.63) is 77.1 Å². The number of nitrogens with zero attached hydrogens (tertiary/aromatic N) is 3. The van der Waals surface area contributed by atoms with E-state index in [-0.39, 0.29) is 12.0 Å². The number of hydrogen-bond donors (Lipinski definition) is 2. The number of nitrogens with one attached hydrogen (secondary N) is 1. The number of anilines is 1. The topological polar surface area (TPSA) is 106 Å². The quantitative estimate of drug-likeness (QED) is 0.231. The number of hydrogen-bond acceptors (Lipinski definition) is 7. The molecule has 0 saturated heterocycles. The van der Waals surface area contributed by atoms with Crippen LogP contribution in [0.2, 0.25) is 0 Å². The molecule has 194 valence electrons. The van der Waals surface area contributed by atoms with E-state index in [1.807, 2.05) is 49.4 Å². The van der Waals surface area contributed by atoms with E-state index in [0.717, 1.165) is 35.8 Å². The highest BCUT2D eigenvalue weighted by atomic mass is 32.1. The van der Waals surface area contributed by atoms with Crippen molar-refractivity contribution in [2.75, 3.05) is 5.32 Å². The van der Waals surface area contributed by atoms with Gasteiger partial charge in [0.25, 0.3) is 0 Å². The Balaban J connectivity index is 1.37. The summed E-state index contributed by atoms with van der Waals surface area (Å²) in [6.07, 6.45) is -1.40. The largest absolute Gasteiger partial charge is 0.481 e. The van der Waals surface area contributed by atoms with Gasteiger partial charge in [0, 0.05) is 21.3 Å². The Morgan fingerprint density at radius 3 is 2.50 bits per heavy atom. The third kappa shape index (κ3) is 5.15. The van der Waals surface area contributed by atoms with Crippen molar-refractivity contribution in [3.8, 4) is 21.0 Å². The number of rotatable bonds is 7. The van der Waals surface area contributed by atoms with Crippen molar-refractivity contribution in [3.63, 3.8) is 0 Å². The first-order valence-electron chi connectivity index (χ1n) is 11.7. The molecule has 38 heavy (non-hydrogen) atoms. The van der Waals surface area contributed by atoms with Crippen molar-refractivity contribution < 1.29 is 23.8 Å². The minimum absolute atomic E-state index is 0.166. The molecule has 0 aliphatic rings. The number of amides is 1. The summed E-state index contributed by atoms with van der Waals surface area (Å²) in [7, 11) is 1.69. The normalized spacial score (nSPS) is 12.0. The molecule has 1 atom stereocenters. The Labute approximate surface area is 225 Å².